The molecular weight excluding hydrogens is 198 g/mol. The highest BCUT2D eigenvalue weighted by Crippen LogP contribution is 2.38. The second-order valence-corrected chi connectivity index (χ2v) is 4.62. The highest BCUT2D eigenvalue weighted by molar-refractivity contribution is 7.98. The summed E-state index contributed by atoms with van der Waals surface area (Å²) in [7, 11) is 0. The fraction of sp³-hybridized carbons (Fsp3) is 0.778. The average molecular weight is 213 g/mol. The van der Waals surface area contributed by atoms with Crippen molar-refractivity contribution in [1.29, 1.82) is 0 Å². The van der Waals surface area contributed by atoms with Crippen LogP contribution < -0.4 is 5.73 Å². The summed E-state index contributed by atoms with van der Waals surface area (Å²) < 4.78 is 5.13. The van der Waals surface area contributed by atoms with Crippen molar-refractivity contribution < 1.29 is 4.52 Å². The van der Waals surface area contributed by atoms with Gasteiger partial charge in [-0.25, -0.2) is 0 Å². The van der Waals surface area contributed by atoms with E-state index in [4.69, 9.17) is 10.3 Å². The Morgan fingerprint density at radius 2 is 2.36 bits per heavy atom. The molecule has 0 spiro atoms. The summed E-state index contributed by atoms with van der Waals surface area (Å²) in [5, 5.41) is 3.95. The molecule has 0 saturated heterocycles. The summed E-state index contributed by atoms with van der Waals surface area (Å²) >= 11 is 1.80. The molecule has 1 heterocycles. The molecule has 14 heavy (non-hydrogen) atoms. The molecule has 1 aromatic rings. The first kappa shape index (κ1) is 9.98. The Morgan fingerprint density at radius 3 is 3.07 bits per heavy atom. The van der Waals surface area contributed by atoms with E-state index in [1.807, 2.05) is 0 Å². The fourth-order valence-electron chi connectivity index (χ4n) is 1.18. The smallest absolute Gasteiger partial charge is 0.236 e. The van der Waals surface area contributed by atoms with Crippen LogP contribution in [0.4, 0.5) is 0 Å². The van der Waals surface area contributed by atoms with Crippen LogP contribution in [0.2, 0.25) is 0 Å². The van der Waals surface area contributed by atoms with Crippen LogP contribution in [0.1, 0.15) is 36.9 Å². The number of nitrogens with two attached hydrogens (primary N) is 1. The van der Waals surface area contributed by atoms with Gasteiger partial charge in [0.2, 0.25) is 5.89 Å². The van der Waals surface area contributed by atoms with Gasteiger partial charge in [0, 0.05) is 5.92 Å². The predicted octanol–water partition coefficient (Wildman–Crippen LogP) is 1.53. The third kappa shape index (κ3) is 2.72. The van der Waals surface area contributed by atoms with Crippen molar-refractivity contribution in [2.24, 2.45) is 5.73 Å². The highest BCUT2D eigenvalue weighted by Gasteiger charge is 2.28. The lowest BCUT2D eigenvalue weighted by atomic mass is 10.4. The summed E-state index contributed by atoms with van der Waals surface area (Å²) in [4.78, 5) is 4.34. The zero-order valence-corrected chi connectivity index (χ0v) is 8.92. The Morgan fingerprint density at radius 1 is 1.50 bits per heavy atom. The zero-order chi connectivity index (χ0) is 9.80. The summed E-state index contributed by atoms with van der Waals surface area (Å²) in [6.45, 7) is 0.754. The molecule has 0 radical (unpaired) electrons. The van der Waals surface area contributed by atoms with Gasteiger partial charge in [0.1, 0.15) is 0 Å². The molecule has 4 nitrogen and oxygen atoms in total. The van der Waals surface area contributed by atoms with E-state index in [-0.39, 0.29) is 0 Å². The maximum absolute atomic E-state index is 5.40. The number of nitrogens with zero attached hydrogens (tertiary/aromatic N) is 2. The van der Waals surface area contributed by atoms with E-state index >= 15 is 0 Å². The predicted molar refractivity (Wildman–Crippen MR) is 56.1 cm³/mol. The van der Waals surface area contributed by atoms with E-state index in [2.05, 4.69) is 10.1 Å². The summed E-state index contributed by atoms with van der Waals surface area (Å²) in [6.07, 6.45) is 3.49. The minimum atomic E-state index is 0.585. The Balaban J connectivity index is 1.72. The van der Waals surface area contributed by atoms with E-state index in [1.165, 1.54) is 12.8 Å². The van der Waals surface area contributed by atoms with E-state index < -0.39 is 0 Å². The van der Waals surface area contributed by atoms with Crippen molar-refractivity contribution in [1.82, 2.24) is 10.1 Å². The monoisotopic (exact) mass is 213 g/mol. The quantitative estimate of drug-likeness (QED) is 0.726. The van der Waals surface area contributed by atoms with Gasteiger partial charge in [-0.3, -0.25) is 0 Å². The normalized spacial score (nSPS) is 16.1. The molecule has 1 aliphatic rings. The molecule has 1 saturated carbocycles. The first-order valence-electron chi connectivity index (χ1n) is 5.00. The Kier molecular flexibility index (Phi) is 3.42. The fourth-order valence-corrected chi connectivity index (χ4v) is 1.99. The standard InChI is InChI=1S/C9H15N3OS/c10-4-1-5-14-6-8-11-9(12-13-8)7-2-3-7/h7H,1-6,10H2. The number of thioether (sulfide) groups is 1. The van der Waals surface area contributed by atoms with Crippen LogP contribution in [0.3, 0.4) is 0 Å². The molecule has 0 unspecified atom stereocenters. The van der Waals surface area contributed by atoms with Crippen LogP contribution in [0.5, 0.6) is 0 Å². The van der Waals surface area contributed by atoms with Gasteiger partial charge in [-0.05, 0) is 31.6 Å². The minimum Gasteiger partial charge on any atom is -0.338 e. The molecule has 0 aliphatic heterocycles. The van der Waals surface area contributed by atoms with Gasteiger partial charge in [0.15, 0.2) is 5.82 Å². The molecule has 1 aliphatic carbocycles. The summed E-state index contributed by atoms with van der Waals surface area (Å²) in [6, 6.07) is 0. The number of hydrogen-bond acceptors (Lipinski definition) is 5. The van der Waals surface area contributed by atoms with E-state index in [0.29, 0.717) is 5.92 Å². The molecule has 0 aromatic carbocycles. The van der Waals surface area contributed by atoms with Gasteiger partial charge in [0.25, 0.3) is 0 Å². The Bertz CT molecular complexity index is 285. The number of rotatable bonds is 6. The lowest BCUT2D eigenvalue weighted by Gasteiger charge is -1.94. The number of hydrogen-bond donors (Lipinski definition) is 1. The third-order valence-electron chi connectivity index (χ3n) is 2.14. The molecule has 2 N–H and O–H groups in total. The lowest BCUT2D eigenvalue weighted by molar-refractivity contribution is 0.385. The van der Waals surface area contributed by atoms with Crippen LogP contribution in [-0.2, 0) is 5.75 Å². The number of aromatic nitrogens is 2. The van der Waals surface area contributed by atoms with Crippen molar-refractivity contribution in [2.45, 2.75) is 30.9 Å². The van der Waals surface area contributed by atoms with Crippen molar-refractivity contribution in [2.75, 3.05) is 12.3 Å². The summed E-state index contributed by atoms with van der Waals surface area (Å²) in [5.41, 5.74) is 5.40. The molecule has 2 rings (SSSR count). The van der Waals surface area contributed by atoms with Crippen LogP contribution in [0.15, 0.2) is 4.52 Å². The first-order chi connectivity index (χ1) is 6.90. The van der Waals surface area contributed by atoms with Gasteiger partial charge in [-0.1, -0.05) is 5.16 Å². The molecule has 0 bridgehead atoms. The van der Waals surface area contributed by atoms with Crippen LogP contribution in [0, 0.1) is 0 Å². The molecular formula is C9H15N3OS. The zero-order valence-electron chi connectivity index (χ0n) is 8.11. The molecule has 0 atom stereocenters. The van der Waals surface area contributed by atoms with Crippen molar-refractivity contribution in [3.8, 4) is 0 Å². The molecule has 1 aromatic heterocycles. The molecule has 1 fully saturated rings. The largest absolute Gasteiger partial charge is 0.338 e. The van der Waals surface area contributed by atoms with Gasteiger partial charge in [-0.2, -0.15) is 16.7 Å². The van der Waals surface area contributed by atoms with Crippen molar-refractivity contribution in [3.63, 3.8) is 0 Å². The Hall–Kier alpha value is -0.550. The maximum Gasteiger partial charge on any atom is 0.236 e. The molecule has 78 valence electrons. The van der Waals surface area contributed by atoms with Gasteiger partial charge in [0.05, 0.1) is 5.75 Å². The minimum absolute atomic E-state index is 0.585. The second-order valence-electron chi connectivity index (χ2n) is 3.52. The van der Waals surface area contributed by atoms with Crippen molar-refractivity contribution in [3.05, 3.63) is 11.7 Å². The van der Waals surface area contributed by atoms with E-state index in [9.17, 15) is 0 Å². The SMILES string of the molecule is NCCCSCc1nc(C2CC2)no1. The van der Waals surface area contributed by atoms with Gasteiger partial charge >= 0.3 is 0 Å². The Labute approximate surface area is 87.6 Å². The van der Waals surface area contributed by atoms with E-state index in [1.54, 1.807) is 11.8 Å². The van der Waals surface area contributed by atoms with E-state index in [0.717, 1.165) is 36.2 Å². The van der Waals surface area contributed by atoms with Gasteiger partial charge in [-0.15, -0.1) is 0 Å². The van der Waals surface area contributed by atoms with Crippen LogP contribution in [0.25, 0.3) is 0 Å². The molecule has 5 heteroatoms. The first-order valence-corrected chi connectivity index (χ1v) is 6.16. The second kappa shape index (κ2) is 4.79. The lowest BCUT2D eigenvalue weighted by Crippen LogP contribution is -1.99. The topological polar surface area (TPSA) is 64.9 Å². The van der Waals surface area contributed by atoms with Crippen molar-refractivity contribution >= 4 is 11.8 Å². The third-order valence-corrected chi connectivity index (χ3v) is 3.17. The average Bonchev–Trinajstić information content (AvgIpc) is 2.94. The highest BCUT2D eigenvalue weighted by atomic mass is 32.2. The van der Waals surface area contributed by atoms with Crippen LogP contribution in [-0.4, -0.2) is 22.4 Å². The maximum atomic E-state index is 5.40. The molecule has 0 amide bonds. The summed E-state index contributed by atoms with van der Waals surface area (Å²) in [5.74, 6) is 4.13. The van der Waals surface area contributed by atoms with Crippen LogP contribution >= 0.6 is 11.8 Å². The van der Waals surface area contributed by atoms with Gasteiger partial charge < -0.3 is 10.3 Å².